The summed E-state index contributed by atoms with van der Waals surface area (Å²) in [6, 6.07) is 20.4. The van der Waals surface area contributed by atoms with Gasteiger partial charge in [0.2, 0.25) is 11.8 Å². The number of nitrogens with one attached hydrogen (secondary N) is 2. The van der Waals surface area contributed by atoms with Crippen molar-refractivity contribution in [2.24, 2.45) is 5.92 Å². The first-order chi connectivity index (χ1) is 23.3. The number of urea groups is 1. The third-order valence-electron chi connectivity index (χ3n) is 9.26. The summed E-state index contributed by atoms with van der Waals surface area (Å²) < 4.78 is 0. The number of benzene rings is 3. The number of amides is 4. The highest BCUT2D eigenvalue weighted by Crippen LogP contribution is 2.35. The van der Waals surface area contributed by atoms with Crippen LogP contribution in [0.3, 0.4) is 0 Å². The fraction of sp³-hybridized carbons (Fsp3) is 0.306. The van der Waals surface area contributed by atoms with Crippen LogP contribution in [0, 0.1) is 5.92 Å². The third-order valence-corrected chi connectivity index (χ3v) is 9.26. The summed E-state index contributed by atoms with van der Waals surface area (Å²) in [6.45, 7) is 4.49. The summed E-state index contributed by atoms with van der Waals surface area (Å²) >= 11 is 0. The van der Waals surface area contributed by atoms with Crippen LogP contribution in [0.5, 0.6) is 5.75 Å². The largest absolute Gasteiger partial charge is 0.508 e. The second-order valence-electron chi connectivity index (χ2n) is 12.6. The van der Waals surface area contributed by atoms with Gasteiger partial charge in [-0.1, -0.05) is 66.7 Å². The monoisotopic (exact) mass is 647 g/mol. The number of para-hydroxylation sites is 1. The Kier molecular flexibility index (Phi) is 8.40. The van der Waals surface area contributed by atoms with E-state index >= 15 is 0 Å². The number of carbonyl (C=O) groups is 4. The molecule has 3 aromatic carbocycles. The Morgan fingerprint density at radius 1 is 1.00 bits per heavy atom. The fourth-order valence-electron chi connectivity index (χ4n) is 6.72. The van der Waals surface area contributed by atoms with Crippen LogP contribution >= 0.6 is 0 Å². The van der Waals surface area contributed by atoms with Gasteiger partial charge in [-0.2, -0.15) is 5.10 Å². The highest BCUT2D eigenvalue weighted by molar-refractivity contribution is 6.08. The second kappa shape index (κ2) is 13.0. The second-order valence-corrected chi connectivity index (χ2v) is 12.6. The topological polar surface area (TPSA) is 142 Å². The minimum atomic E-state index is -0.913. The number of aromatic nitrogens is 2. The Morgan fingerprint density at radius 2 is 1.77 bits per heavy atom. The predicted molar refractivity (Wildman–Crippen MR) is 177 cm³/mol. The van der Waals surface area contributed by atoms with E-state index in [2.05, 4.69) is 22.1 Å². The van der Waals surface area contributed by atoms with E-state index in [4.69, 9.17) is 0 Å². The number of aromatic amines is 1. The molecule has 4 amide bonds. The molecular weight excluding hydrogens is 610 g/mol. The maximum atomic E-state index is 14.4. The van der Waals surface area contributed by atoms with E-state index in [-0.39, 0.29) is 68.4 Å². The van der Waals surface area contributed by atoms with E-state index in [0.717, 1.165) is 29.5 Å². The summed E-state index contributed by atoms with van der Waals surface area (Å²) in [4.78, 5) is 58.4. The van der Waals surface area contributed by atoms with Crippen LogP contribution in [-0.2, 0) is 29.1 Å². The lowest BCUT2D eigenvalue weighted by molar-refractivity contribution is -0.189. The number of nitrogens with zero attached hydrogens (tertiary/aromatic N) is 5. The molecule has 0 radical (unpaired) electrons. The van der Waals surface area contributed by atoms with Crippen molar-refractivity contribution in [1.29, 1.82) is 0 Å². The molecule has 0 unspecified atom stereocenters. The van der Waals surface area contributed by atoms with Crippen LogP contribution in [0.15, 0.2) is 85.5 Å². The Bertz CT molecular complexity index is 1870. The van der Waals surface area contributed by atoms with Crippen molar-refractivity contribution in [1.82, 2.24) is 35.3 Å². The van der Waals surface area contributed by atoms with Crippen molar-refractivity contribution in [2.45, 2.75) is 44.6 Å². The Hall–Kier alpha value is -5.49. The molecule has 2 saturated heterocycles. The highest BCUT2D eigenvalue weighted by atomic mass is 16.3. The summed E-state index contributed by atoms with van der Waals surface area (Å²) in [7, 11) is 0. The average molecular weight is 648 g/mol. The van der Waals surface area contributed by atoms with Gasteiger partial charge in [0.1, 0.15) is 23.7 Å². The van der Waals surface area contributed by atoms with Crippen LogP contribution in [0.25, 0.3) is 10.9 Å². The quantitative estimate of drug-likeness (QED) is 0.176. The standard InChI is InChI=1S/C36H37N7O5/c1-2-17-41-22-31(45)42-29(18-23-11-15-27(44)16-12-23)35(47)40(21-30(42)43(41)36(48)37-19-24-7-4-3-5-8-24)20-26-9-6-10-28-32(26)38-39-33(28)34(46)25-13-14-25/h2-12,15-16,25,29-30,44H,1,13-14,17-22H2,(H,37,48)(H,38,39)/t29-,30-/m0/s1. The van der Waals surface area contributed by atoms with Gasteiger partial charge < -0.3 is 20.2 Å². The minimum Gasteiger partial charge on any atom is -0.508 e. The van der Waals surface area contributed by atoms with Crippen molar-refractivity contribution in [3.8, 4) is 5.75 Å². The summed E-state index contributed by atoms with van der Waals surface area (Å²) in [6.07, 6.45) is 2.75. The molecule has 7 rings (SSSR count). The van der Waals surface area contributed by atoms with E-state index in [1.807, 2.05) is 48.5 Å². The average Bonchev–Trinajstić information content (AvgIpc) is 3.85. The Labute approximate surface area is 277 Å². The number of aromatic hydroxyl groups is 1. The molecule has 48 heavy (non-hydrogen) atoms. The Balaban J connectivity index is 1.24. The van der Waals surface area contributed by atoms with Crippen molar-refractivity contribution < 1.29 is 24.3 Å². The predicted octanol–water partition coefficient (Wildman–Crippen LogP) is 3.60. The molecule has 246 valence electrons. The van der Waals surface area contributed by atoms with Crippen LogP contribution in [0.4, 0.5) is 4.79 Å². The van der Waals surface area contributed by atoms with E-state index in [0.29, 0.717) is 16.6 Å². The van der Waals surface area contributed by atoms with Gasteiger partial charge in [0.05, 0.1) is 18.6 Å². The first kappa shape index (κ1) is 31.1. The number of hydrogen-bond donors (Lipinski definition) is 3. The van der Waals surface area contributed by atoms with Crippen molar-refractivity contribution >= 4 is 34.5 Å². The number of fused-ring (bicyclic) bond motifs is 2. The molecular formula is C36H37N7O5. The molecule has 1 aromatic heterocycles. The van der Waals surface area contributed by atoms with Gasteiger partial charge in [-0.05, 0) is 41.7 Å². The van der Waals surface area contributed by atoms with E-state index in [1.165, 1.54) is 4.90 Å². The maximum absolute atomic E-state index is 14.4. The molecule has 12 nitrogen and oxygen atoms in total. The number of piperazine rings is 1. The number of carbonyl (C=O) groups excluding carboxylic acids is 4. The van der Waals surface area contributed by atoms with Crippen LogP contribution < -0.4 is 5.32 Å². The highest BCUT2D eigenvalue weighted by Gasteiger charge is 2.51. The summed E-state index contributed by atoms with van der Waals surface area (Å²) in [5.41, 5.74) is 3.54. The summed E-state index contributed by atoms with van der Waals surface area (Å²) in [5.74, 6) is -0.408. The van der Waals surface area contributed by atoms with Gasteiger partial charge >= 0.3 is 6.03 Å². The number of hydrazine groups is 1. The third kappa shape index (κ3) is 6.02. The molecule has 4 aromatic rings. The number of Topliss-reactive ketones (excluding diaryl/α,β-unsaturated/α-hetero) is 1. The van der Waals surface area contributed by atoms with Gasteiger partial charge in [-0.15, -0.1) is 6.58 Å². The first-order valence-corrected chi connectivity index (χ1v) is 16.2. The number of hydrogen-bond acceptors (Lipinski definition) is 7. The van der Waals surface area contributed by atoms with Crippen LogP contribution in [0.1, 0.15) is 40.0 Å². The molecule has 1 aliphatic carbocycles. The fourth-order valence-corrected chi connectivity index (χ4v) is 6.72. The Morgan fingerprint density at radius 3 is 2.50 bits per heavy atom. The van der Waals surface area contributed by atoms with Gasteiger partial charge in [0.15, 0.2) is 5.78 Å². The lowest BCUT2D eigenvalue weighted by Crippen LogP contribution is -2.76. The van der Waals surface area contributed by atoms with Gasteiger partial charge in [-0.25, -0.2) is 14.8 Å². The molecule has 0 bridgehead atoms. The zero-order chi connectivity index (χ0) is 33.4. The zero-order valence-corrected chi connectivity index (χ0v) is 26.4. The summed E-state index contributed by atoms with van der Waals surface area (Å²) in [5, 5.41) is 24.2. The molecule has 2 atom stereocenters. The van der Waals surface area contributed by atoms with Crippen molar-refractivity contribution in [3.63, 3.8) is 0 Å². The van der Waals surface area contributed by atoms with Crippen molar-refractivity contribution in [2.75, 3.05) is 19.6 Å². The van der Waals surface area contributed by atoms with Crippen molar-refractivity contribution in [3.05, 3.63) is 108 Å². The van der Waals surface area contributed by atoms with Gasteiger partial charge in [0.25, 0.3) is 0 Å². The van der Waals surface area contributed by atoms with E-state index < -0.39 is 18.2 Å². The lowest BCUT2D eigenvalue weighted by atomic mass is 9.98. The number of ketones is 1. The molecule has 1 saturated carbocycles. The maximum Gasteiger partial charge on any atom is 0.334 e. The molecule has 3 fully saturated rings. The molecule has 3 heterocycles. The van der Waals surface area contributed by atoms with Crippen LogP contribution in [0.2, 0.25) is 0 Å². The number of H-pyrrole nitrogens is 1. The SMILES string of the molecule is C=CCN1CC(=O)N2[C@@H](Cc3ccc(O)cc3)C(=O)N(Cc3cccc4c(C(=O)C5CC5)n[nH]c34)C[C@@H]2N1C(=O)NCc1ccccc1. The minimum absolute atomic E-state index is 0.0110. The lowest BCUT2D eigenvalue weighted by Gasteiger charge is -2.55. The normalized spacial score (nSPS) is 19.8. The molecule has 12 heteroatoms. The molecule has 3 N–H and O–H groups in total. The van der Waals surface area contributed by atoms with Crippen LogP contribution in [-0.4, -0.2) is 90.6 Å². The number of rotatable bonds is 10. The number of phenolic OH excluding ortho intramolecular Hbond substituents is 1. The van der Waals surface area contributed by atoms with E-state index in [9.17, 15) is 24.3 Å². The van der Waals surface area contributed by atoms with Gasteiger partial charge in [0, 0.05) is 37.4 Å². The molecule has 0 spiro atoms. The van der Waals surface area contributed by atoms with Gasteiger partial charge in [-0.3, -0.25) is 19.5 Å². The first-order valence-electron chi connectivity index (χ1n) is 16.2. The molecule has 3 aliphatic rings. The molecule has 2 aliphatic heterocycles. The smallest absolute Gasteiger partial charge is 0.334 e. The van der Waals surface area contributed by atoms with E-state index in [1.54, 1.807) is 45.3 Å². The zero-order valence-electron chi connectivity index (χ0n) is 26.4. The number of phenols is 1.